The summed E-state index contributed by atoms with van der Waals surface area (Å²) < 4.78 is 6.64. The van der Waals surface area contributed by atoms with Gasteiger partial charge in [0.05, 0.1) is 0 Å². The SMILES string of the molecule is CCCCCCCCCC[PH](O)(O)OC(c1ccc(C(C)(C)C)cc1C(C)(C)C)c1ccc(C(C)(C)C)cc1C(C)(C)C. The van der Waals surface area contributed by atoms with Crippen molar-refractivity contribution in [2.45, 2.75) is 169 Å². The van der Waals surface area contributed by atoms with Crippen LogP contribution in [0.2, 0.25) is 0 Å². The van der Waals surface area contributed by atoms with E-state index in [4.69, 9.17) is 4.52 Å². The van der Waals surface area contributed by atoms with Crippen molar-refractivity contribution in [3.63, 3.8) is 0 Å². The molecule has 0 spiro atoms. The zero-order valence-electron chi connectivity index (χ0n) is 30.2. The molecule has 0 bridgehead atoms. The van der Waals surface area contributed by atoms with Crippen molar-refractivity contribution < 1.29 is 14.3 Å². The van der Waals surface area contributed by atoms with E-state index in [1.807, 2.05) is 0 Å². The number of hydrogen-bond acceptors (Lipinski definition) is 3. The van der Waals surface area contributed by atoms with Crippen LogP contribution in [0.5, 0.6) is 0 Å². The van der Waals surface area contributed by atoms with E-state index in [1.165, 1.54) is 54.4 Å². The Morgan fingerprint density at radius 1 is 0.558 bits per heavy atom. The van der Waals surface area contributed by atoms with E-state index in [2.05, 4.69) is 126 Å². The average molecular weight is 615 g/mol. The number of hydrogen-bond donors (Lipinski definition) is 2. The third-order valence-corrected chi connectivity index (χ3v) is 10.3. The normalized spacial score (nSPS) is 14.0. The topological polar surface area (TPSA) is 49.7 Å². The van der Waals surface area contributed by atoms with E-state index < -0.39 is 14.0 Å². The van der Waals surface area contributed by atoms with Gasteiger partial charge in [-0.05, 0) is 0 Å². The Labute approximate surface area is 266 Å². The molecule has 0 atom stereocenters. The molecule has 2 rings (SSSR count). The van der Waals surface area contributed by atoms with Crippen molar-refractivity contribution in [3.05, 3.63) is 69.8 Å². The molecule has 0 aliphatic carbocycles. The predicted octanol–water partition coefficient (Wildman–Crippen LogP) is 11.6. The fourth-order valence-corrected chi connectivity index (χ4v) is 7.29. The van der Waals surface area contributed by atoms with E-state index in [0.717, 1.165) is 30.4 Å². The quantitative estimate of drug-likeness (QED) is 0.174. The molecule has 0 amide bonds. The van der Waals surface area contributed by atoms with Gasteiger partial charge in [0.15, 0.2) is 0 Å². The second-order valence-corrected chi connectivity index (χ2v) is 19.3. The second-order valence-electron chi connectivity index (χ2n) is 17.1. The monoisotopic (exact) mass is 614 g/mol. The van der Waals surface area contributed by atoms with Crippen LogP contribution in [0.15, 0.2) is 36.4 Å². The van der Waals surface area contributed by atoms with Crippen LogP contribution in [0.4, 0.5) is 0 Å². The molecular weight excluding hydrogens is 547 g/mol. The molecule has 0 unspecified atom stereocenters. The Hall–Kier alpha value is -1.25. The van der Waals surface area contributed by atoms with Crippen molar-refractivity contribution in [2.24, 2.45) is 0 Å². The first-order valence-corrected chi connectivity index (χ1v) is 19.0. The third-order valence-electron chi connectivity index (χ3n) is 8.68. The Bertz CT molecular complexity index is 1080. The van der Waals surface area contributed by atoms with Gasteiger partial charge in [-0.2, -0.15) is 0 Å². The maximum absolute atomic E-state index is 11.5. The first kappa shape index (κ1) is 37.9. The molecule has 0 radical (unpaired) electrons. The second kappa shape index (κ2) is 14.9. The van der Waals surface area contributed by atoms with Crippen LogP contribution in [-0.2, 0) is 26.2 Å². The standard InChI is InChI=1S/C39H67O3P/c1-14-15-16-17-18-19-20-21-26-43(40,41)42-35(31-24-22-29(36(2,3)4)27-33(31)38(8,9)10)32-25-23-30(37(5,6)7)28-34(32)39(11,12)13/h22-25,27-28,35,40-41,43H,14-21,26H2,1-13H3. The van der Waals surface area contributed by atoms with Gasteiger partial charge in [0.1, 0.15) is 0 Å². The van der Waals surface area contributed by atoms with Crippen molar-refractivity contribution in [1.29, 1.82) is 0 Å². The summed E-state index contributed by atoms with van der Waals surface area (Å²) in [4.78, 5) is 23.0. The van der Waals surface area contributed by atoms with E-state index in [1.54, 1.807) is 0 Å². The molecule has 0 heterocycles. The minimum atomic E-state index is -3.98. The van der Waals surface area contributed by atoms with Gasteiger partial charge in [0.2, 0.25) is 0 Å². The van der Waals surface area contributed by atoms with Gasteiger partial charge in [-0.3, -0.25) is 0 Å². The summed E-state index contributed by atoms with van der Waals surface area (Å²) in [6.45, 7) is 29.2. The zero-order valence-corrected chi connectivity index (χ0v) is 31.2. The molecule has 0 saturated carbocycles. The van der Waals surface area contributed by atoms with Crippen LogP contribution in [0.3, 0.4) is 0 Å². The first-order chi connectivity index (χ1) is 19.6. The van der Waals surface area contributed by atoms with Gasteiger partial charge in [-0.15, -0.1) is 0 Å². The molecule has 0 aliphatic heterocycles. The van der Waals surface area contributed by atoms with Crippen LogP contribution in [0.1, 0.15) is 181 Å². The molecule has 3 nitrogen and oxygen atoms in total. The van der Waals surface area contributed by atoms with Crippen molar-refractivity contribution in [2.75, 3.05) is 6.16 Å². The van der Waals surface area contributed by atoms with E-state index in [0.29, 0.717) is 6.16 Å². The van der Waals surface area contributed by atoms with Gasteiger partial charge in [0, 0.05) is 0 Å². The molecule has 0 aromatic heterocycles. The van der Waals surface area contributed by atoms with E-state index >= 15 is 0 Å². The molecule has 0 aliphatic rings. The summed E-state index contributed by atoms with van der Waals surface area (Å²) in [6.07, 6.45) is 9.05. The average Bonchev–Trinajstić information content (AvgIpc) is 2.86. The minimum absolute atomic E-state index is 0.00279. The summed E-state index contributed by atoms with van der Waals surface area (Å²) in [6, 6.07) is 13.4. The predicted molar refractivity (Wildman–Crippen MR) is 191 cm³/mol. The van der Waals surface area contributed by atoms with Gasteiger partial charge in [0.25, 0.3) is 0 Å². The van der Waals surface area contributed by atoms with Crippen LogP contribution >= 0.6 is 7.94 Å². The Balaban J connectivity index is 2.61. The van der Waals surface area contributed by atoms with Crippen LogP contribution in [-0.4, -0.2) is 15.9 Å². The van der Waals surface area contributed by atoms with Gasteiger partial charge in [-0.25, -0.2) is 0 Å². The Kier molecular flexibility index (Phi) is 13.1. The fraction of sp³-hybridized carbons (Fsp3) is 0.692. The molecule has 2 aromatic rings. The van der Waals surface area contributed by atoms with Crippen molar-refractivity contribution in [3.8, 4) is 0 Å². The van der Waals surface area contributed by atoms with E-state index in [9.17, 15) is 9.79 Å². The molecule has 246 valence electrons. The molecule has 2 N–H and O–H groups in total. The Morgan fingerprint density at radius 2 is 0.930 bits per heavy atom. The number of rotatable bonds is 13. The van der Waals surface area contributed by atoms with Gasteiger partial charge in [-0.1, -0.05) is 0 Å². The van der Waals surface area contributed by atoms with Crippen LogP contribution in [0, 0.1) is 0 Å². The molecule has 0 fully saturated rings. The van der Waals surface area contributed by atoms with Crippen LogP contribution < -0.4 is 0 Å². The van der Waals surface area contributed by atoms with Gasteiger partial charge < -0.3 is 0 Å². The maximum atomic E-state index is 11.5. The number of benzene rings is 2. The van der Waals surface area contributed by atoms with Crippen LogP contribution in [0.25, 0.3) is 0 Å². The molecule has 43 heavy (non-hydrogen) atoms. The van der Waals surface area contributed by atoms with E-state index in [-0.39, 0.29) is 21.7 Å². The molecular formula is C39H67O3P. The van der Waals surface area contributed by atoms with Crippen molar-refractivity contribution >= 4 is 7.94 Å². The summed E-state index contributed by atoms with van der Waals surface area (Å²) in [5, 5.41) is 0. The zero-order chi connectivity index (χ0) is 32.9. The summed E-state index contributed by atoms with van der Waals surface area (Å²) in [5.41, 5.74) is 6.70. The summed E-state index contributed by atoms with van der Waals surface area (Å²) in [5.74, 6) is 0. The molecule has 4 heteroatoms. The third kappa shape index (κ3) is 11.6. The summed E-state index contributed by atoms with van der Waals surface area (Å²) in [7, 11) is -3.98. The first-order valence-electron chi connectivity index (χ1n) is 17.0. The fourth-order valence-electron chi connectivity index (χ4n) is 5.83. The van der Waals surface area contributed by atoms with Crippen molar-refractivity contribution in [1.82, 2.24) is 0 Å². The number of unbranched alkanes of at least 4 members (excludes halogenated alkanes) is 7. The molecule has 2 aromatic carbocycles. The Morgan fingerprint density at radius 3 is 1.28 bits per heavy atom. The van der Waals surface area contributed by atoms with Gasteiger partial charge >= 0.3 is 267 Å². The summed E-state index contributed by atoms with van der Waals surface area (Å²) >= 11 is 0. The molecule has 0 saturated heterocycles.